The van der Waals surface area contributed by atoms with Crippen LogP contribution < -0.4 is 20.5 Å². The van der Waals surface area contributed by atoms with Gasteiger partial charge in [-0.2, -0.15) is 0 Å². The minimum Gasteiger partial charge on any atom is -0.495 e. The van der Waals surface area contributed by atoms with Gasteiger partial charge in [-0.1, -0.05) is 23.8 Å². The Morgan fingerprint density at radius 1 is 1.24 bits per heavy atom. The summed E-state index contributed by atoms with van der Waals surface area (Å²) in [5.41, 5.74) is 7.54. The Morgan fingerprint density at radius 2 is 1.95 bits per heavy atom. The topological polar surface area (TPSA) is 69.4 Å². The molecule has 2 rings (SSSR count). The molecule has 5 nitrogen and oxygen atoms in total. The number of hydrogen-bond acceptors (Lipinski definition) is 5. The lowest BCUT2D eigenvalue weighted by molar-refractivity contribution is 0.396. The van der Waals surface area contributed by atoms with Crippen LogP contribution in [0.4, 0.5) is 11.4 Å². The molecule has 0 atom stereocenters. The molecule has 0 aliphatic heterocycles. The predicted molar refractivity (Wildman–Crippen MR) is 88.0 cm³/mol. The molecule has 110 valence electrons. The number of thiocarbonyl (C=S) groups is 1. The van der Waals surface area contributed by atoms with Gasteiger partial charge in [0.25, 0.3) is 0 Å². The fraction of sp³-hybridized carbons (Fsp3) is 0.143. The van der Waals surface area contributed by atoms with E-state index in [1.807, 2.05) is 6.07 Å². The number of methoxy groups -OCH3 is 2. The van der Waals surface area contributed by atoms with Crippen molar-refractivity contribution in [3.05, 3.63) is 41.2 Å². The molecule has 1 aromatic heterocycles. The van der Waals surface area contributed by atoms with Crippen molar-refractivity contribution >= 4 is 40.2 Å². The number of benzene rings is 1. The van der Waals surface area contributed by atoms with Crippen molar-refractivity contribution in [2.45, 2.75) is 0 Å². The summed E-state index contributed by atoms with van der Waals surface area (Å²) in [4.78, 5) is 4.41. The van der Waals surface area contributed by atoms with Crippen LogP contribution in [-0.2, 0) is 0 Å². The lowest BCUT2D eigenvalue weighted by Crippen LogP contribution is -2.11. The van der Waals surface area contributed by atoms with Gasteiger partial charge in [-0.3, -0.25) is 4.98 Å². The van der Waals surface area contributed by atoms with E-state index in [4.69, 9.17) is 39.0 Å². The summed E-state index contributed by atoms with van der Waals surface area (Å²) in [6.07, 6.45) is 1.63. The summed E-state index contributed by atoms with van der Waals surface area (Å²) in [6.45, 7) is 0. The molecule has 0 unspecified atom stereocenters. The first-order valence-electron chi connectivity index (χ1n) is 5.99. The van der Waals surface area contributed by atoms with Crippen molar-refractivity contribution in [3.8, 4) is 11.5 Å². The summed E-state index contributed by atoms with van der Waals surface area (Å²) < 4.78 is 10.5. The second-order valence-corrected chi connectivity index (χ2v) is 4.96. The highest BCUT2D eigenvalue weighted by molar-refractivity contribution is 7.80. The molecule has 0 bridgehead atoms. The lowest BCUT2D eigenvalue weighted by atomic mass is 10.2. The molecule has 0 fully saturated rings. The summed E-state index contributed by atoms with van der Waals surface area (Å²) in [7, 11) is 3.12. The number of nitrogens with one attached hydrogen (secondary N) is 1. The molecule has 0 radical (unpaired) electrons. The van der Waals surface area contributed by atoms with Crippen LogP contribution >= 0.6 is 23.8 Å². The Labute approximate surface area is 133 Å². The molecule has 21 heavy (non-hydrogen) atoms. The Hall–Kier alpha value is -2.05. The molecule has 0 saturated heterocycles. The number of pyridine rings is 1. The van der Waals surface area contributed by atoms with Crippen LogP contribution in [0.25, 0.3) is 0 Å². The maximum absolute atomic E-state index is 6.12. The minimum atomic E-state index is 0.256. The standard InChI is InChI=1S/C14H14ClN3O2S/c1-19-12-6-13(20-2)11(5-9(12)15)18-8-3-4-10(14(16)21)17-7-8/h3-7,18H,1-2H3,(H2,16,21). The van der Waals surface area contributed by atoms with Crippen molar-refractivity contribution in [1.29, 1.82) is 0 Å². The maximum Gasteiger partial charge on any atom is 0.146 e. The van der Waals surface area contributed by atoms with E-state index >= 15 is 0 Å². The van der Waals surface area contributed by atoms with Crippen molar-refractivity contribution in [1.82, 2.24) is 4.98 Å². The highest BCUT2D eigenvalue weighted by Gasteiger charge is 2.10. The zero-order valence-electron chi connectivity index (χ0n) is 11.5. The van der Waals surface area contributed by atoms with Gasteiger partial charge in [0.2, 0.25) is 0 Å². The minimum absolute atomic E-state index is 0.256. The van der Waals surface area contributed by atoms with E-state index in [-0.39, 0.29) is 4.99 Å². The Bertz CT molecular complexity index is 662. The number of nitrogens with two attached hydrogens (primary N) is 1. The fourth-order valence-corrected chi connectivity index (χ4v) is 2.09. The Morgan fingerprint density at radius 3 is 2.48 bits per heavy atom. The van der Waals surface area contributed by atoms with Crippen molar-refractivity contribution in [2.24, 2.45) is 5.73 Å². The number of rotatable bonds is 5. The number of nitrogens with zero attached hydrogens (tertiary/aromatic N) is 1. The zero-order valence-corrected chi connectivity index (χ0v) is 13.1. The highest BCUT2D eigenvalue weighted by atomic mass is 35.5. The maximum atomic E-state index is 6.12. The molecule has 3 N–H and O–H groups in total. The van der Waals surface area contributed by atoms with Gasteiger partial charge in [0.1, 0.15) is 16.5 Å². The van der Waals surface area contributed by atoms with Gasteiger partial charge >= 0.3 is 0 Å². The van der Waals surface area contributed by atoms with Gasteiger partial charge in [0, 0.05) is 6.07 Å². The molecular formula is C14H14ClN3O2S. The van der Waals surface area contributed by atoms with Gasteiger partial charge in [-0.05, 0) is 18.2 Å². The van der Waals surface area contributed by atoms with Crippen molar-refractivity contribution in [2.75, 3.05) is 19.5 Å². The average Bonchev–Trinajstić information content (AvgIpc) is 2.48. The van der Waals surface area contributed by atoms with Gasteiger partial charge in [0.15, 0.2) is 0 Å². The van der Waals surface area contributed by atoms with Crippen LogP contribution in [0.15, 0.2) is 30.5 Å². The first-order chi connectivity index (χ1) is 10.0. The number of hydrogen-bond donors (Lipinski definition) is 2. The van der Waals surface area contributed by atoms with Crippen LogP contribution in [0.3, 0.4) is 0 Å². The molecule has 0 amide bonds. The second kappa shape index (κ2) is 6.60. The van der Waals surface area contributed by atoms with Gasteiger partial charge in [0.05, 0.1) is 42.5 Å². The molecule has 7 heteroatoms. The first-order valence-corrected chi connectivity index (χ1v) is 6.78. The van der Waals surface area contributed by atoms with E-state index in [9.17, 15) is 0 Å². The van der Waals surface area contributed by atoms with Crippen LogP contribution in [0.5, 0.6) is 11.5 Å². The molecule has 1 aromatic carbocycles. The molecule has 0 aliphatic carbocycles. The third-order valence-electron chi connectivity index (χ3n) is 2.77. The summed E-state index contributed by atoms with van der Waals surface area (Å²) in [6, 6.07) is 6.99. The van der Waals surface area contributed by atoms with E-state index in [0.29, 0.717) is 27.9 Å². The Kier molecular flexibility index (Phi) is 4.82. The van der Waals surface area contributed by atoms with Crippen LogP contribution in [-0.4, -0.2) is 24.2 Å². The molecule has 0 spiro atoms. The van der Waals surface area contributed by atoms with Gasteiger partial charge in [-0.15, -0.1) is 0 Å². The number of anilines is 2. The van der Waals surface area contributed by atoms with E-state index < -0.39 is 0 Å². The van der Waals surface area contributed by atoms with Crippen LogP contribution in [0.2, 0.25) is 5.02 Å². The number of aromatic nitrogens is 1. The molecule has 2 aromatic rings. The lowest BCUT2D eigenvalue weighted by Gasteiger charge is -2.13. The quantitative estimate of drug-likeness (QED) is 0.824. The SMILES string of the molecule is COc1cc(OC)c(Nc2ccc(C(N)=S)nc2)cc1Cl. The zero-order chi connectivity index (χ0) is 15.4. The van der Waals surface area contributed by atoms with E-state index in [0.717, 1.165) is 5.69 Å². The summed E-state index contributed by atoms with van der Waals surface area (Å²) in [5.74, 6) is 1.15. The normalized spacial score (nSPS) is 10.0. The van der Waals surface area contributed by atoms with Crippen molar-refractivity contribution < 1.29 is 9.47 Å². The average molecular weight is 324 g/mol. The van der Waals surface area contributed by atoms with Crippen molar-refractivity contribution in [3.63, 3.8) is 0 Å². The monoisotopic (exact) mass is 323 g/mol. The van der Waals surface area contributed by atoms with E-state index in [1.54, 1.807) is 38.6 Å². The summed E-state index contributed by atoms with van der Waals surface area (Å²) >= 11 is 11.0. The van der Waals surface area contributed by atoms with E-state index in [1.165, 1.54) is 0 Å². The number of halogens is 1. The van der Waals surface area contributed by atoms with Gasteiger partial charge < -0.3 is 20.5 Å². The largest absolute Gasteiger partial charge is 0.495 e. The predicted octanol–water partition coefficient (Wildman–Crippen LogP) is 3.13. The summed E-state index contributed by atoms with van der Waals surface area (Å²) in [5, 5.41) is 3.65. The smallest absolute Gasteiger partial charge is 0.146 e. The van der Waals surface area contributed by atoms with Crippen LogP contribution in [0, 0.1) is 0 Å². The highest BCUT2D eigenvalue weighted by Crippen LogP contribution is 2.37. The van der Waals surface area contributed by atoms with Gasteiger partial charge in [-0.25, -0.2) is 0 Å². The Balaban J connectivity index is 2.30. The third kappa shape index (κ3) is 3.53. The van der Waals surface area contributed by atoms with Crippen LogP contribution in [0.1, 0.15) is 5.69 Å². The molecule has 1 heterocycles. The molecule has 0 saturated carbocycles. The fourth-order valence-electron chi connectivity index (χ4n) is 1.73. The third-order valence-corrected chi connectivity index (χ3v) is 3.27. The second-order valence-electron chi connectivity index (χ2n) is 4.11. The number of ether oxygens (including phenoxy) is 2. The molecular weight excluding hydrogens is 310 g/mol. The first kappa shape index (κ1) is 15.3. The molecule has 0 aliphatic rings. The van der Waals surface area contributed by atoms with E-state index in [2.05, 4.69) is 10.3 Å².